The molecule has 2 heteroatoms. The summed E-state index contributed by atoms with van der Waals surface area (Å²) in [6.45, 7) is 4.27. The Morgan fingerprint density at radius 3 is 1.77 bits per heavy atom. The summed E-state index contributed by atoms with van der Waals surface area (Å²) in [6.07, 6.45) is 1.77. The van der Waals surface area contributed by atoms with Crippen LogP contribution in [0.1, 0.15) is 25.0 Å². The fourth-order valence-corrected chi connectivity index (χ4v) is 2.73. The first-order chi connectivity index (χ1) is 10.7. The van der Waals surface area contributed by atoms with E-state index < -0.39 is 0 Å². The normalized spacial score (nSPS) is 12.1. The van der Waals surface area contributed by atoms with Crippen LogP contribution in [0.4, 0.5) is 0 Å². The second-order valence-corrected chi connectivity index (χ2v) is 5.68. The number of hydrogen-bond donors (Lipinski definition) is 0. The van der Waals surface area contributed by atoms with E-state index >= 15 is 0 Å². The van der Waals surface area contributed by atoms with Crippen LogP contribution in [0.15, 0.2) is 60.7 Å². The van der Waals surface area contributed by atoms with Gasteiger partial charge in [0.15, 0.2) is 0 Å². The lowest BCUT2D eigenvalue weighted by atomic mass is 9.83. The second kappa shape index (κ2) is 8.38. The van der Waals surface area contributed by atoms with E-state index in [9.17, 15) is 4.79 Å². The van der Waals surface area contributed by atoms with Crippen LogP contribution in [0, 0.1) is 11.8 Å². The third kappa shape index (κ3) is 4.73. The second-order valence-electron chi connectivity index (χ2n) is 5.68. The van der Waals surface area contributed by atoms with E-state index in [0.717, 1.165) is 12.8 Å². The van der Waals surface area contributed by atoms with Gasteiger partial charge in [-0.25, -0.2) is 0 Å². The zero-order valence-electron chi connectivity index (χ0n) is 13.4. The number of hydrogen-bond acceptors (Lipinski definition) is 2. The first-order valence-corrected chi connectivity index (χ1v) is 7.95. The molecule has 0 spiro atoms. The van der Waals surface area contributed by atoms with Gasteiger partial charge in [0.1, 0.15) is 0 Å². The van der Waals surface area contributed by atoms with E-state index in [0.29, 0.717) is 6.61 Å². The van der Waals surface area contributed by atoms with E-state index in [1.807, 2.05) is 50.2 Å². The highest BCUT2D eigenvalue weighted by molar-refractivity contribution is 5.72. The maximum Gasteiger partial charge on any atom is 0.308 e. The van der Waals surface area contributed by atoms with Crippen molar-refractivity contribution in [2.45, 2.75) is 26.7 Å². The van der Waals surface area contributed by atoms with Gasteiger partial charge in [0.25, 0.3) is 0 Å². The molecule has 2 aromatic carbocycles. The standard InChI is InChI=1S/C20H24O2/c1-3-22-20(21)16(2)19(14-17-10-6-4-7-11-17)15-18-12-8-5-9-13-18/h4-13,16,19H,3,14-15H2,1-2H3/t16-/m0/s1. The highest BCUT2D eigenvalue weighted by Crippen LogP contribution is 2.23. The van der Waals surface area contributed by atoms with Crippen molar-refractivity contribution in [2.75, 3.05) is 6.61 Å². The smallest absolute Gasteiger partial charge is 0.308 e. The largest absolute Gasteiger partial charge is 0.466 e. The Morgan fingerprint density at radius 1 is 0.909 bits per heavy atom. The van der Waals surface area contributed by atoms with Gasteiger partial charge in [-0.3, -0.25) is 4.79 Å². The van der Waals surface area contributed by atoms with Crippen molar-refractivity contribution >= 4 is 5.97 Å². The Hall–Kier alpha value is -2.09. The van der Waals surface area contributed by atoms with Crippen molar-refractivity contribution in [1.29, 1.82) is 0 Å². The summed E-state index contributed by atoms with van der Waals surface area (Å²) in [4.78, 5) is 12.1. The van der Waals surface area contributed by atoms with Crippen LogP contribution in [0.2, 0.25) is 0 Å². The van der Waals surface area contributed by atoms with Gasteiger partial charge in [-0.2, -0.15) is 0 Å². The predicted molar refractivity (Wildman–Crippen MR) is 89.6 cm³/mol. The van der Waals surface area contributed by atoms with Gasteiger partial charge in [-0.15, -0.1) is 0 Å². The fourth-order valence-electron chi connectivity index (χ4n) is 2.73. The number of carbonyl (C=O) groups is 1. The number of rotatable bonds is 7. The Labute approximate surface area is 133 Å². The first kappa shape index (κ1) is 16.3. The molecule has 1 atom stereocenters. The van der Waals surface area contributed by atoms with Crippen LogP contribution in [0.5, 0.6) is 0 Å². The minimum absolute atomic E-state index is 0.0978. The summed E-state index contributed by atoms with van der Waals surface area (Å²) in [5, 5.41) is 0. The summed E-state index contributed by atoms with van der Waals surface area (Å²) in [7, 11) is 0. The zero-order chi connectivity index (χ0) is 15.8. The van der Waals surface area contributed by atoms with Crippen LogP contribution in [-0.2, 0) is 22.4 Å². The summed E-state index contributed by atoms with van der Waals surface area (Å²) in [6, 6.07) is 20.7. The number of esters is 1. The van der Waals surface area contributed by atoms with Crippen LogP contribution >= 0.6 is 0 Å². The van der Waals surface area contributed by atoms with Crippen molar-refractivity contribution in [3.05, 3.63) is 71.8 Å². The highest BCUT2D eigenvalue weighted by atomic mass is 16.5. The molecule has 22 heavy (non-hydrogen) atoms. The third-order valence-corrected chi connectivity index (χ3v) is 4.05. The number of carbonyl (C=O) groups excluding carboxylic acids is 1. The maximum absolute atomic E-state index is 12.1. The lowest BCUT2D eigenvalue weighted by molar-refractivity contribution is -0.149. The Bertz CT molecular complexity index is 521. The highest BCUT2D eigenvalue weighted by Gasteiger charge is 2.25. The van der Waals surface area contributed by atoms with Gasteiger partial charge in [-0.1, -0.05) is 67.6 Å². The third-order valence-electron chi connectivity index (χ3n) is 4.05. The summed E-state index contributed by atoms with van der Waals surface area (Å²) >= 11 is 0. The van der Waals surface area contributed by atoms with Crippen LogP contribution in [-0.4, -0.2) is 12.6 Å². The van der Waals surface area contributed by atoms with E-state index in [1.54, 1.807) is 0 Å². The van der Waals surface area contributed by atoms with Crippen molar-refractivity contribution < 1.29 is 9.53 Å². The molecule has 0 radical (unpaired) electrons. The molecule has 0 aliphatic carbocycles. The molecule has 2 aromatic rings. The Kier molecular flexibility index (Phi) is 6.20. The quantitative estimate of drug-likeness (QED) is 0.713. The maximum atomic E-state index is 12.1. The van der Waals surface area contributed by atoms with Crippen LogP contribution in [0.3, 0.4) is 0 Å². The monoisotopic (exact) mass is 296 g/mol. The molecule has 0 aromatic heterocycles. The lowest BCUT2D eigenvalue weighted by Crippen LogP contribution is -2.26. The molecular formula is C20H24O2. The zero-order valence-corrected chi connectivity index (χ0v) is 13.4. The molecule has 0 heterocycles. The summed E-state index contributed by atoms with van der Waals surface area (Å²) in [5.74, 6) is 0.0311. The molecule has 0 amide bonds. The van der Waals surface area contributed by atoms with Crippen LogP contribution in [0.25, 0.3) is 0 Å². The van der Waals surface area contributed by atoms with Crippen LogP contribution < -0.4 is 0 Å². The minimum atomic E-state index is -0.111. The molecule has 0 saturated heterocycles. The molecule has 0 bridgehead atoms. The van der Waals surface area contributed by atoms with Gasteiger partial charge in [0, 0.05) is 0 Å². The van der Waals surface area contributed by atoms with Gasteiger partial charge < -0.3 is 4.74 Å². The lowest BCUT2D eigenvalue weighted by Gasteiger charge is -2.23. The molecule has 2 nitrogen and oxygen atoms in total. The predicted octanol–water partition coefficient (Wildman–Crippen LogP) is 4.29. The molecule has 0 unspecified atom stereocenters. The number of ether oxygens (including phenoxy) is 1. The molecule has 0 aliphatic rings. The first-order valence-electron chi connectivity index (χ1n) is 7.95. The van der Waals surface area contributed by atoms with Gasteiger partial charge in [0.2, 0.25) is 0 Å². The molecule has 0 N–H and O–H groups in total. The Balaban J connectivity index is 2.14. The summed E-state index contributed by atoms with van der Waals surface area (Å²) in [5.41, 5.74) is 2.53. The molecule has 0 saturated carbocycles. The number of benzene rings is 2. The topological polar surface area (TPSA) is 26.3 Å². The van der Waals surface area contributed by atoms with E-state index in [2.05, 4.69) is 24.3 Å². The molecule has 0 fully saturated rings. The van der Waals surface area contributed by atoms with E-state index in [1.165, 1.54) is 11.1 Å². The van der Waals surface area contributed by atoms with Gasteiger partial charge >= 0.3 is 5.97 Å². The average Bonchev–Trinajstić information content (AvgIpc) is 2.56. The van der Waals surface area contributed by atoms with Gasteiger partial charge in [-0.05, 0) is 36.8 Å². The minimum Gasteiger partial charge on any atom is -0.466 e. The summed E-state index contributed by atoms with van der Waals surface area (Å²) < 4.78 is 5.22. The Morgan fingerprint density at radius 2 is 1.36 bits per heavy atom. The fraction of sp³-hybridized carbons (Fsp3) is 0.350. The van der Waals surface area contributed by atoms with Crippen molar-refractivity contribution in [3.8, 4) is 0 Å². The molecule has 2 rings (SSSR count). The van der Waals surface area contributed by atoms with Crippen molar-refractivity contribution in [2.24, 2.45) is 11.8 Å². The van der Waals surface area contributed by atoms with E-state index in [-0.39, 0.29) is 17.8 Å². The van der Waals surface area contributed by atoms with Crippen molar-refractivity contribution in [1.82, 2.24) is 0 Å². The van der Waals surface area contributed by atoms with E-state index in [4.69, 9.17) is 4.74 Å². The van der Waals surface area contributed by atoms with Gasteiger partial charge in [0.05, 0.1) is 12.5 Å². The molecular weight excluding hydrogens is 272 g/mol. The molecule has 0 aliphatic heterocycles. The SMILES string of the molecule is CCOC(=O)[C@@H](C)C(Cc1ccccc1)Cc1ccccc1. The van der Waals surface area contributed by atoms with Crippen molar-refractivity contribution in [3.63, 3.8) is 0 Å². The average molecular weight is 296 g/mol. The molecule has 116 valence electrons.